The number of rotatable bonds is 6. The minimum absolute atomic E-state index is 0.141. The highest BCUT2D eigenvalue weighted by Gasteiger charge is 2.07. The Morgan fingerprint density at radius 1 is 1.10 bits per heavy atom. The van der Waals surface area contributed by atoms with E-state index in [2.05, 4.69) is 41.5 Å². The van der Waals surface area contributed by atoms with Crippen LogP contribution in [0.4, 0.5) is 5.82 Å². The van der Waals surface area contributed by atoms with Crippen molar-refractivity contribution in [3.05, 3.63) is 53.7 Å². The number of nitrogens with one attached hydrogen (secondary N) is 1. The van der Waals surface area contributed by atoms with Crippen molar-refractivity contribution in [1.29, 1.82) is 0 Å². The summed E-state index contributed by atoms with van der Waals surface area (Å²) in [6.45, 7) is 6.97. The number of aryl methyl sites for hydroxylation is 1. The summed E-state index contributed by atoms with van der Waals surface area (Å²) in [6.07, 6.45) is 2.96. The first-order valence-electron chi connectivity index (χ1n) is 7.13. The molecule has 0 amide bonds. The molecular weight excluding hydrogens is 248 g/mol. The molecule has 3 heteroatoms. The summed E-state index contributed by atoms with van der Waals surface area (Å²) < 4.78 is 5.77. The first-order valence-corrected chi connectivity index (χ1v) is 7.13. The third-order valence-electron chi connectivity index (χ3n) is 3.08. The molecule has 0 saturated carbocycles. The molecule has 0 aliphatic heterocycles. The van der Waals surface area contributed by atoms with Crippen LogP contribution in [-0.2, 0) is 13.0 Å². The van der Waals surface area contributed by atoms with Gasteiger partial charge in [-0.2, -0.15) is 0 Å². The maximum Gasteiger partial charge on any atom is 0.169 e. The van der Waals surface area contributed by atoms with E-state index in [4.69, 9.17) is 4.74 Å². The average molecular weight is 270 g/mol. The lowest BCUT2D eigenvalue weighted by Crippen LogP contribution is -2.10. The number of aromatic nitrogens is 1. The van der Waals surface area contributed by atoms with Gasteiger partial charge in [0.05, 0.1) is 6.10 Å². The predicted octanol–water partition coefficient (Wildman–Crippen LogP) is 4.04. The van der Waals surface area contributed by atoms with Gasteiger partial charge in [0.1, 0.15) is 0 Å². The predicted molar refractivity (Wildman–Crippen MR) is 83.1 cm³/mol. The fraction of sp³-hybridized carbons (Fsp3) is 0.353. The molecule has 2 rings (SSSR count). The Bertz CT molecular complexity index is 552. The summed E-state index contributed by atoms with van der Waals surface area (Å²) in [4.78, 5) is 4.37. The van der Waals surface area contributed by atoms with Gasteiger partial charge in [-0.05, 0) is 43.5 Å². The Morgan fingerprint density at radius 2 is 1.85 bits per heavy atom. The quantitative estimate of drug-likeness (QED) is 0.860. The highest BCUT2D eigenvalue weighted by Crippen LogP contribution is 2.23. The molecule has 0 aliphatic carbocycles. The lowest BCUT2D eigenvalue weighted by atomic mass is 10.1. The van der Waals surface area contributed by atoms with Crippen molar-refractivity contribution in [2.24, 2.45) is 0 Å². The van der Waals surface area contributed by atoms with Gasteiger partial charge in [-0.3, -0.25) is 0 Å². The monoisotopic (exact) mass is 270 g/mol. The van der Waals surface area contributed by atoms with Gasteiger partial charge in [-0.1, -0.05) is 31.2 Å². The van der Waals surface area contributed by atoms with Crippen LogP contribution >= 0.6 is 0 Å². The second-order valence-corrected chi connectivity index (χ2v) is 4.99. The number of nitrogens with zero attached hydrogens (tertiary/aromatic N) is 1. The minimum Gasteiger partial charge on any atom is -0.487 e. The Balaban J connectivity index is 2.11. The summed E-state index contributed by atoms with van der Waals surface area (Å²) in [5.74, 6) is 1.60. The molecule has 20 heavy (non-hydrogen) atoms. The molecule has 1 heterocycles. The van der Waals surface area contributed by atoms with Crippen molar-refractivity contribution >= 4 is 5.82 Å². The molecule has 1 aromatic heterocycles. The molecule has 3 nitrogen and oxygen atoms in total. The Morgan fingerprint density at radius 3 is 2.55 bits per heavy atom. The smallest absolute Gasteiger partial charge is 0.169 e. The summed E-state index contributed by atoms with van der Waals surface area (Å²) in [5, 5.41) is 3.37. The van der Waals surface area contributed by atoms with Crippen molar-refractivity contribution in [2.75, 3.05) is 5.32 Å². The van der Waals surface area contributed by atoms with Gasteiger partial charge in [0.2, 0.25) is 0 Å². The second kappa shape index (κ2) is 6.94. The van der Waals surface area contributed by atoms with Gasteiger partial charge in [0.25, 0.3) is 0 Å². The second-order valence-electron chi connectivity index (χ2n) is 4.99. The molecule has 106 valence electrons. The van der Waals surface area contributed by atoms with Crippen molar-refractivity contribution in [3.8, 4) is 5.75 Å². The Labute approximate surface area is 121 Å². The molecule has 0 spiro atoms. The first-order chi connectivity index (χ1) is 9.70. The highest BCUT2D eigenvalue weighted by atomic mass is 16.5. The summed E-state index contributed by atoms with van der Waals surface area (Å²) in [6, 6.07) is 12.3. The lowest BCUT2D eigenvalue weighted by Gasteiger charge is -2.15. The van der Waals surface area contributed by atoms with E-state index in [0.29, 0.717) is 0 Å². The fourth-order valence-corrected chi connectivity index (χ4v) is 2.13. The Kier molecular flexibility index (Phi) is 4.99. The first kappa shape index (κ1) is 14.4. The van der Waals surface area contributed by atoms with Crippen molar-refractivity contribution in [2.45, 2.75) is 39.8 Å². The standard InChI is InChI=1S/C17H22N2O/c1-4-14-8-5-6-9-15(14)12-19-17-16(20-13(2)3)10-7-11-18-17/h5-11,13H,4,12H2,1-3H3,(H,18,19). The van der Waals surface area contributed by atoms with Crippen LogP contribution in [0, 0.1) is 0 Å². The molecule has 0 aliphatic rings. The molecule has 1 N–H and O–H groups in total. The molecule has 0 saturated heterocycles. The van der Waals surface area contributed by atoms with E-state index < -0.39 is 0 Å². The van der Waals surface area contributed by atoms with Gasteiger partial charge in [-0.25, -0.2) is 4.98 Å². The van der Waals surface area contributed by atoms with Gasteiger partial charge in [0.15, 0.2) is 11.6 Å². The molecule has 0 unspecified atom stereocenters. The van der Waals surface area contributed by atoms with E-state index in [0.717, 1.165) is 24.5 Å². The van der Waals surface area contributed by atoms with Gasteiger partial charge in [-0.15, -0.1) is 0 Å². The fourth-order valence-electron chi connectivity index (χ4n) is 2.13. The number of ether oxygens (including phenoxy) is 1. The minimum atomic E-state index is 0.141. The summed E-state index contributed by atoms with van der Waals surface area (Å²) in [5.41, 5.74) is 2.67. The summed E-state index contributed by atoms with van der Waals surface area (Å²) >= 11 is 0. The van der Waals surface area contributed by atoms with Crippen molar-refractivity contribution < 1.29 is 4.74 Å². The van der Waals surface area contributed by atoms with Gasteiger partial charge in [0, 0.05) is 12.7 Å². The number of benzene rings is 1. The number of hydrogen-bond donors (Lipinski definition) is 1. The topological polar surface area (TPSA) is 34.2 Å². The largest absolute Gasteiger partial charge is 0.487 e. The molecule has 2 aromatic rings. The van der Waals surface area contributed by atoms with E-state index >= 15 is 0 Å². The van der Waals surface area contributed by atoms with Crippen LogP contribution in [0.3, 0.4) is 0 Å². The van der Waals surface area contributed by atoms with Crippen LogP contribution in [0.5, 0.6) is 5.75 Å². The van der Waals surface area contributed by atoms with E-state index in [9.17, 15) is 0 Å². The van der Waals surface area contributed by atoms with E-state index in [1.807, 2.05) is 26.0 Å². The third-order valence-corrected chi connectivity index (χ3v) is 3.08. The molecule has 0 bridgehead atoms. The van der Waals surface area contributed by atoms with Crippen LogP contribution in [0.25, 0.3) is 0 Å². The molecule has 0 atom stereocenters. The van der Waals surface area contributed by atoms with Crippen LogP contribution in [-0.4, -0.2) is 11.1 Å². The molecule has 0 radical (unpaired) electrons. The van der Waals surface area contributed by atoms with Gasteiger partial charge >= 0.3 is 0 Å². The molecular formula is C17H22N2O. The highest BCUT2D eigenvalue weighted by molar-refractivity contribution is 5.50. The number of hydrogen-bond acceptors (Lipinski definition) is 3. The van der Waals surface area contributed by atoms with Crippen LogP contribution in [0.2, 0.25) is 0 Å². The van der Waals surface area contributed by atoms with E-state index in [1.165, 1.54) is 11.1 Å². The van der Waals surface area contributed by atoms with Crippen LogP contribution in [0.15, 0.2) is 42.6 Å². The van der Waals surface area contributed by atoms with Gasteiger partial charge < -0.3 is 10.1 Å². The third kappa shape index (κ3) is 3.73. The maximum atomic E-state index is 5.77. The number of pyridine rings is 1. The SMILES string of the molecule is CCc1ccccc1CNc1ncccc1OC(C)C. The normalized spacial score (nSPS) is 10.6. The zero-order chi connectivity index (χ0) is 14.4. The van der Waals surface area contributed by atoms with Crippen LogP contribution in [0.1, 0.15) is 31.9 Å². The summed E-state index contributed by atoms with van der Waals surface area (Å²) in [7, 11) is 0. The van der Waals surface area contributed by atoms with E-state index in [1.54, 1.807) is 6.20 Å². The zero-order valence-corrected chi connectivity index (χ0v) is 12.4. The van der Waals surface area contributed by atoms with Crippen LogP contribution < -0.4 is 10.1 Å². The molecule has 0 fully saturated rings. The van der Waals surface area contributed by atoms with Crippen molar-refractivity contribution in [3.63, 3.8) is 0 Å². The molecule has 1 aromatic carbocycles. The van der Waals surface area contributed by atoms with E-state index in [-0.39, 0.29) is 6.10 Å². The Hall–Kier alpha value is -2.03. The average Bonchev–Trinajstić information content (AvgIpc) is 2.46. The maximum absolute atomic E-state index is 5.77. The van der Waals surface area contributed by atoms with Crippen molar-refractivity contribution in [1.82, 2.24) is 4.98 Å². The zero-order valence-electron chi connectivity index (χ0n) is 12.4. The number of anilines is 1. The lowest BCUT2D eigenvalue weighted by molar-refractivity contribution is 0.243.